The minimum Gasteiger partial charge on any atom is -0.339 e. The van der Waals surface area contributed by atoms with Crippen molar-refractivity contribution in [1.29, 1.82) is 0 Å². The van der Waals surface area contributed by atoms with Crippen molar-refractivity contribution in [2.45, 2.75) is 40.4 Å². The number of alkyl halides is 3. The smallest absolute Gasteiger partial charge is 0.280 e. The van der Waals surface area contributed by atoms with E-state index in [9.17, 15) is 17.6 Å². The monoisotopic (exact) mass is 538 g/mol. The first-order valence-electron chi connectivity index (χ1n) is 10.4. The fourth-order valence-corrected chi connectivity index (χ4v) is 5.20. The van der Waals surface area contributed by atoms with Crippen molar-refractivity contribution in [3.8, 4) is 0 Å². The SMILES string of the molecule is CS(=O)(=O)c1ccc(C[C@H]2CCN(C3CCN(c4noc(C(Cl)(Cl)Cl)n4)CC3)C2=O)c(F)c1. The summed E-state index contributed by atoms with van der Waals surface area (Å²) < 4.78 is 40.9. The summed E-state index contributed by atoms with van der Waals surface area (Å²) in [7, 11) is -3.49. The number of hydrogen-bond acceptors (Lipinski definition) is 7. The summed E-state index contributed by atoms with van der Waals surface area (Å²) in [5.41, 5.74) is 0.347. The van der Waals surface area contributed by atoms with Crippen LogP contribution >= 0.6 is 34.8 Å². The van der Waals surface area contributed by atoms with Crippen LogP contribution < -0.4 is 4.90 Å². The third-order valence-corrected chi connectivity index (χ3v) is 7.71. The zero-order valence-corrected chi connectivity index (χ0v) is 20.8. The van der Waals surface area contributed by atoms with Crippen molar-refractivity contribution < 1.29 is 22.1 Å². The van der Waals surface area contributed by atoms with Crippen LogP contribution in [-0.2, 0) is 24.8 Å². The Morgan fingerprint density at radius 2 is 1.88 bits per heavy atom. The van der Waals surface area contributed by atoms with Gasteiger partial charge in [-0.15, -0.1) is 0 Å². The molecule has 180 valence electrons. The molecule has 1 atom stereocenters. The number of anilines is 1. The summed E-state index contributed by atoms with van der Waals surface area (Å²) in [5.74, 6) is -0.692. The van der Waals surface area contributed by atoms with E-state index < -0.39 is 19.4 Å². The van der Waals surface area contributed by atoms with Crippen LogP contribution in [0.2, 0.25) is 0 Å². The minimum absolute atomic E-state index is 0.00177. The zero-order valence-electron chi connectivity index (χ0n) is 17.7. The molecule has 1 aromatic carbocycles. The fourth-order valence-electron chi connectivity index (χ4n) is 4.34. The van der Waals surface area contributed by atoms with Crippen molar-refractivity contribution in [3.63, 3.8) is 0 Å². The van der Waals surface area contributed by atoms with E-state index in [0.29, 0.717) is 50.4 Å². The summed E-state index contributed by atoms with van der Waals surface area (Å²) in [6.07, 6.45) is 3.33. The maximum absolute atomic E-state index is 14.5. The number of likely N-dealkylation sites (tertiary alicyclic amines) is 1. The van der Waals surface area contributed by atoms with Crippen molar-refractivity contribution in [1.82, 2.24) is 15.0 Å². The van der Waals surface area contributed by atoms with Crippen LogP contribution in [0.15, 0.2) is 27.6 Å². The molecular weight excluding hydrogens is 518 g/mol. The number of carbonyl (C=O) groups is 1. The zero-order chi connectivity index (χ0) is 24.0. The van der Waals surface area contributed by atoms with Crippen molar-refractivity contribution in [2.24, 2.45) is 5.92 Å². The number of hydrogen-bond donors (Lipinski definition) is 0. The molecule has 1 aromatic heterocycles. The van der Waals surface area contributed by atoms with Gasteiger partial charge in [0.25, 0.3) is 15.6 Å². The maximum Gasteiger partial charge on any atom is 0.280 e. The molecule has 0 unspecified atom stereocenters. The molecule has 0 aliphatic carbocycles. The minimum atomic E-state index is -3.49. The number of nitrogens with zero attached hydrogens (tertiary/aromatic N) is 4. The number of amides is 1. The van der Waals surface area contributed by atoms with E-state index >= 15 is 0 Å². The van der Waals surface area contributed by atoms with E-state index in [4.69, 9.17) is 39.3 Å². The van der Waals surface area contributed by atoms with E-state index in [1.54, 1.807) is 0 Å². The molecule has 13 heteroatoms. The molecule has 2 aliphatic heterocycles. The van der Waals surface area contributed by atoms with E-state index in [1.165, 1.54) is 12.1 Å². The number of halogens is 4. The normalized spacial score (nSPS) is 20.6. The van der Waals surface area contributed by atoms with Crippen molar-refractivity contribution in [2.75, 3.05) is 30.8 Å². The largest absolute Gasteiger partial charge is 0.339 e. The van der Waals surface area contributed by atoms with Crippen LogP contribution in [0.3, 0.4) is 0 Å². The summed E-state index contributed by atoms with van der Waals surface area (Å²) in [6.45, 7) is 1.83. The molecule has 8 nitrogen and oxygen atoms in total. The Bertz CT molecular complexity index is 1150. The molecule has 1 amide bonds. The Morgan fingerprint density at radius 1 is 1.18 bits per heavy atom. The molecule has 0 bridgehead atoms. The highest BCUT2D eigenvalue weighted by Gasteiger charge is 2.38. The topological polar surface area (TPSA) is 96.6 Å². The second-order valence-electron chi connectivity index (χ2n) is 8.36. The summed E-state index contributed by atoms with van der Waals surface area (Å²) in [5, 5.41) is 3.87. The number of carbonyl (C=O) groups excluding carboxylic acids is 1. The summed E-state index contributed by atoms with van der Waals surface area (Å²) in [6, 6.07) is 3.92. The molecule has 2 saturated heterocycles. The Morgan fingerprint density at radius 3 is 2.45 bits per heavy atom. The van der Waals surface area contributed by atoms with Crippen LogP contribution in [0.4, 0.5) is 10.3 Å². The number of benzene rings is 1. The second-order valence-corrected chi connectivity index (χ2v) is 12.7. The first kappa shape index (κ1) is 24.5. The van der Waals surface area contributed by atoms with E-state index in [0.717, 1.165) is 12.3 Å². The first-order chi connectivity index (χ1) is 15.4. The third kappa shape index (κ3) is 5.39. The number of aromatic nitrogens is 2. The molecule has 2 aliphatic rings. The van der Waals surface area contributed by atoms with Gasteiger partial charge in [0.05, 0.1) is 4.90 Å². The van der Waals surface area contributed by atoms with E-state index in [2.05, 4.69) is 10.1 Å². The van der Waals surface area contributed by atoms with Crippen molar-refractivity contribution in [3.05, 3.63) is 35.5 Å². The van der Waals surface area contributed by atoms with Gasteiger partial charge in [-0.25, -0.2) is 12.8 Å². The van der Waals surface area contributed by atoms with Crippen LogP contribution in [0.1, 0.15) is 30.7 Å². The number of rotatable bonds is 5. The fraction of sp³-hybridized carbons (Fsp3) is 0.550. The Kier molecular flexibility index (Phi) is 6.83. The van der Waals surface area contributed by atoms with Crippen LogP contribution in [-0.4, -0.2) is 61.3 Å². The lowest BCUT2D eigenvalue weighted by molar-refractivity contribution is -0.133. The highest BCUT2D eigenvalue weighted by Crippen LogP contribution is 2.38. The van der Waals surface area contributed by atoms with Gasteiger partial charge in [0.15, 0.2) is 9.84 Å². The molecule has 2 fully saturated rings. The second kappa shape index (κ2) is 9.20. The highest BCUT2D eigenvalue weighted by atomic mass is 35.6. The molecule has 4 rings (SSSR count). The van der Waals surface area contributed by atoms with E-state index in [-0.39, 0.29) is 35.1 Å². The lowest BCUT2D eigenvalue weighted by atomic mass is 9.97. The van der Waals surface area contributed by atoms with Gasteiger partial charge in [-0.1, -0.05) is 40.9 Å². The van der Waals surface area contributed by atoms with E-state index in [1.807, 2.05) is 9.80 Å². The lowest BCUT2D eigenvalue weighted by Gasteiger charge is -2.36. The molecule has 33 heavy (non-hydrogen) atoms. The molecule has 2 aromatic rings. The number of piperidine rings is 1. The molecule has 0 spiro atoms. The van der Waals surface area contributed by atoms with Gasteiger partial charge in [-0.2, -0.15) is 4.98 Å². The Hall–Kier alpha value is -1.62. The highest BCUT2D eigenvalue weighted by molar-refractivity contribution is 7.90. The van der Waals surface area contributed by atoms with Crippen LogP contribution in [0, 0.1) is 11.7 Å². The standard InChI is InChI=1S/C20H22Cl3FN4O4S/c1-33(30,31)15-3-2-12(16(24)11-15)10-13-4-9-28(17(13)29)14-5-7-27(8-6-14)19-25-18(32-26-19)20(21,22)23/h2-3,11,13-14H,4-10H2,1H3/t13-/m1/s1. The van der Waals surface area contributed by atoms with Gasteiger partial charge in [0, 0.05) is 37.8 Å². The first-order valence-corrected chi connectivity index (χ1v) is 13.4. The van der Waals surface area contributed by atoms with Crippen LogP contribution in [0.25, 0.3) is 0 Å². The average Bonchev–Trinajstić information content (AvgIpc) is 3.37. The predicted octanol–water partition coefficient (Wildman–Crippen LogP) is 3.50. The van der Waals surface area contributed by atoms with Gasteiger partial charge in [0.1, 0.15) is 5.82 Å². The van der Waals surface area contributed by atoms with Crippen molar-refractivity contribution >= 4 is 56.5 Å². The third-order valence-electron chi connectivity index (χ3n) is 6.12. The number of sulfone groups is 1. The summed E-state index contributed by atoms with van der Waals surface area (Å²) >= 11 is 17.3. The lowest BCUT2D eigenvalue weighted by Crippen LogP contribution is -2.46. The van der Waals surface area contributed by atoms with Gasteiger partial charge in [-0.05, 0) is 48.5 Å². The molecule has 0 radical (unpaired) electrons. The molecule has 3 heterocycles. The van der Waals surface area contributed by atoms with Gasteiger partial charge >= 0.3 is 0 Å². The maximum atomic E-state index is 14.5. The quantitative estimate of drug-likeness (QED) is 0.537. The Balaban J connectivity index is 1.35. The van der Waals surface area contributed by atoms with Gasteiger partial charge in [-0.3, -0.25) is 4.79 Å². The average molecular weight is 540 g/mol. The summed E-state index contributed by atoms with van der Waals surface area (Å²) in [4.78, 5) is 20.9. The van der Waals surface area contributed by atoms with Crippen LogP contribution in [0.5, 0.6) is 0 Å². The molecule has 0 saturated carbocycles. The van der Waals surface area contributed by atoms with Gasteiger partial charge in [0.2, 0.25) is 5.91 Å². The Labute approximate surface area is 205 Å². The molecule has 0 N–H and O–H groups in total. The molecular formula is C20H22Cl3FN4O4S. The predicted molar refractivity (Wildman–Crippen MR) is 122 cm³/mol. The van der Waals surface area contributed by atoms with Gasteiger partial charge < -0.3 is 14.3 Å².